The van der Waals surface area contributed by atoms with E-state index in [0.717, 1.165) is 11.1 Å². The van der Waals surface area contributed by atoms with Crippen LogP contribution in [0.4, 0.5) is 0 Å². The van der Waals surface area contributed by atoms with Crippen molar-refractivity contribution in [1.82, 2.24) is 0 Å². The van der Waals surface area contributed by atoms with Gasteiger partial charge in [0.1, 0.15) is 6.61 Å². The fraction of sp³-hybridized carbons (Fsp3) is 0.278. The second-order valence-corrected chi connectivity index (χ2v) is 5.67. The van der Waals surface area contributed by atoms with Gasteiger partial charge >= 0.3 is 5.97 Å². The van der Waals surface area contributed by atoms with E-state index in [1.54, 1.807) is 0 Å². The van der Waals surface area contributed by atoms with Crippen molar-refractivity contribution in [2.45, 2.75) is 26.5 Å². The van der Waals surface area contributed by atoms with Crippen molar-refractivity contribution in [1.29, 1.82) is 0 Å². The number of rotatable bonds is 5. The zero-order valence-corrected chi connectivity index (χ0v) is 12.5. The van der Waals surface area contributed by atoms with E-state index in [9.17, 15) is 4.79 Å². The standard InChI is InChI=1S/C18H21NO2/c1-18(2,16(19)15-11-7-4-8-12-15)17(20)21-13-14-9-5-3-6-10-14/h3-12,16H,13,19H2,1-2H3. The van der Waals surface area contributed by atoms with Gasteiger partial charge in [-0.05, 0) is 25.0 Å². The van der Waals surface area contributed by atoms with E-state index in [1.165, 1.54) is 0 Å². The summed E-state index contributed by atoms with van der Waals surface area (Å²) in [6.45, 7) is 3.90. The second-order valence-electron chi connectivity index (χ2n) is 5.67. The van der Waals surface area contributed by atoms with Crippen molar-refractivity contribution in [3.05, 3.63) is 71.8 Å². The highest BCUT2D eigenvalue weighted by Gasteiger charge is 2.37. The maximum atomic E-state index is 12.4. The van der Waals surface area contributed by atoms with Gasteiger partial charge in [-0.3, -0.25) is 4.79 Å². The Hall–Kier alpha value is -2.13. The molecule has 2 aromatic rings. The van der Waals surface area contributed by atoms with Gasteiger partial charge in [-0.15, -0.1) is 0 Å². The van der Waals surface area contributed by atoms with Gasteiger partial charge in [0.15, 0.2) is 0 Å². The van der Waals surface area contributed by atoms with E-state index in [0.29, 0.717) is 0 Å². The maximum Gasteiger partial charge on any atom is 0.313 e. The van der Waals surface area contributed by atoms with Crippen LogP contribution in [-0.4, -0.2) is 5.97 Å². The molecule has 0 aliphatic heterocycles. The van der Waals surface area contributed by atoms with Gasteiger partial charge in [0.05, 0.1) is 5.41 Å². The van der Waals surface area contributed by atoms with Crippen molar-refractivity contribution in [3.63, 3.8) is 0 Å². The zero-order chi connectivity index (χ0) is 15.3. The van der Waals surface area contributed by atoms with Gasteiger partial charge in [0.25, 0.3) is 0 Å². The summed E-state index contributed by atoms with van der Waals surface area (Å²) in [5.74, 6) is -0.289. The monoisotopic (exact) mass is 283 g/mol. The predicted molar refractivity (Wildman–Crippen MR) is 83.4 cm³/mol. The van der Waals surface area contributed by atoms with Crippen LogP contribution >= 0.6 is 0 Å². The second kappa shape index (κ2) is 6.55. The lowest BCUT2D eigenvalue weighted by Gasteiger charge is -2.29. The number of benzene rings is 2. The topological polar surface area (TPSA) is 52.3 Å². The number of hydrogen-bond acceptors (Lipinski definition) is 3. The molecule has 1 unspecified atom stereocenters. The molecule has 0 aromatic heterocycles. The molecule has 2 aromatic carbocycles. The minimum absolute atomic E-state index is 0.268. The first-order valence-electron chi connectivity index (χ1n) is 7.03. The molecule has 0 saturated carbocycles. The third-order valence-corrected chi connectivity index (χ3v) is 3.68. The quantitative estimate of drug-likeness (QED) is 0.855. The number of ether oxygens (including phenoxy) is 1. The number of esters is 1. The SMILES string of the molecule is CC(C)(C(=O)OCc1ccccc1)C(N)c1ccccc1. The van der Waals surface area contributed by atoms with E-state index in [4.69, 9.17) is 10.5 Å². The summed E-state index contributed by atoms with van der Waals surface area (Å²) in [5, 5.41) is 0. The molecule has 2 rings (SSSR count). The number of carbonyl (C=O) groups excluding carboxylic acids is 1. The van der Waals surface area contributed by atoms with E-state index in [1.807, 2.05) is 74.5 Å². The number of hydrogen-bond donors (Lipinski definition) is 1. The average molecular weight is 283 g/mol. The average Bonchev–Trinajstić information content (AvgIpc) is 2.53. The van der Waals surface area contributed by atoms with Crippen LogP contribution in [0.5, 0.6) is 0 Å². The minimum atomic E-state index is -0.782. The first kappa shape index (κ1) is 15.3. The van der Waals surface area contributed by atoms with Crippen molar-refractivity contribution < 1.29 is 9.53 Å². The van der Waals surface area contributed by atoms with Gasteiger partial charge in [0, 0.05) is 6.04 Å². The highest BCUT2D eigenvalue weighted by atomic mass is 16.5. The Morgan fingerprint density at radius 3 is 2.14 bits per heavy atom. The van der Waals surface area contributed by atoms with E-state index < -0.39 is 11.5 Å². The largest absolute Gasteiger partial charge is 0.460 e. The molecule has 21 heavy (non-hydrogen) atoms. The molecule has 2 N–H and O–H groups in total. The van der Waals surface area contributed by atoms with Gasteiger partial charge in [-0.1, -0.05) is 60.7 Å². The fourth-order valence-corrected chi connectivity index (χ4v) is 2.11. The van der Waals surface area contributed by atoms with Crippen molar-refractivity contribution in [3.8, 4) is 0 Å². The summed E-state index contributed by atoms with van der Waals surface area (Å²) < 4.78 is 5.42. The van der Waals surface area contributed by atoms with Crippen LogP contribution in [0, 0.1) is 5.41 Å². The normalized spacial score (nSPS) is 12.7. The number of nitrogens with two attached hydrogens (primary N) is 1. The Bertz CT molecular complexity index is 579. The Labute approximate surface area is 125 Å². The molecule has 110 valence electrons. The molecular formula is C18H21NO2. The summed E-state index contributed by atoms with van der Waals surface area (Å²) >= 11 is 0. The Kier molecular flexibility index (Phi) is 4.76. The highest BCUT2D eigenvalue weighted by Crippen LogP contribution is 2.32. The molecule has 0 saturated heterocycles. The molecule has 0 fully saturated rings. The lowest BCUT2D eigenvalue weighted by molar-refractivity contribution is -0.156. The molecule has 3 heteroatoms. The summed E-state index contributed by atoms with van der Waals surface area (Å²) in [5.41, 5.74) is 7.36. The molecule has 0 spiro atoms. The first-order chi connectivity index (χ1) is 10.0. The van der Waals surface area contributed by atoms with Crippen LogP contribution in [-0.2, 0) is 16.1 Å². The molecule has 3 nitrogen and oxygen atoms in total. The van der Waals surface area contributed by atoms with Crippen LogP contribution in [0.25, 0.3) is 0 Å². The van der Waals surface area contributed by atoms with Crippen LogP contribution in [0.3, 0.4) is 0 Å². The Balaban J connectivity index is 2.03. The lowest BCUT2D eigenvalue weighted by atomic mass is 9.81. The fourth-order valence-electron chi connectivity index (χ4n) is 2.11. The molecule has 0 aliphatic rings. The highest BCUT2D eigenvalue weighted by molar-refractivity contribution is 5.77. The molecule has 0 amide bonds. The zero-order valence-electron chi connectivity index (χ0n) is 12.5. The molecule has 0 heterocycles. The van der Waals surface area contributed by atoms with Crippen molar-refractivity contribution in [2.75, 3.05) is 0 Å². The van der Waals surface area contributed by atoms with Crippen LogP contribution < -0.4 is 5.73 Å². The summed E-state index contributed by atoms with van der Waals surface area (Å²) in [6.07, 6.45) is 0. The van der Waals surface area contributed by atoms with E-state index in [-0.39, 0.29) is 12.6 Å². The van der Waals surface area contributed by atoms with Gasteiger partial charge in [-0.2, -0.15) is 0 Å². The summed E-state index contributed by atoms with van der Waals surface area (Å²) in [4.78, 5) is 12.4. The predicted octanol–water partition coefficient (Wildman–Crippen LogP) is 3.46. The summed E-state index contributed by atoms with van der Waals surface area (Å²) in [6, 6.07) is 18.8. The Morgan fingerprint density at radius 1 is 1.05 bits per heavy atom. The molecule has 0 aliphatic carbocycles. The molecular weight excluding hydrogens is 262 g/mol. The van der Waals surface area contributed by atoms with Gasteiger partial charge in [-0.25, -0.2) is 0 Å². The van der Waals surface area contributed by atoms with Crippen molar-refractivity contribution in [2.24, 2.45) is 11.1 Å². The van der Waals surface area contributed by atoms with Crippen molar-refractivity contribution >= 4 is 5.97 Å². The van der Waals surface area contributed by atoms with E-state index >= 15 is 0 Å². The molecule has 0 bridgehead atoms. The van der Waals surface area contributed by atoms with E-state index in [2.05, 4.69) is 0 Å². The molecule has 1 atom stereocenters. The summed E-state index contributed by atoms with van der Waals surface area (Å²) in [7, 11) is 0. The third kappa shape index (κ3) is 3.70. The maximum absolute atomic E-state index is 12.4. The first-order valence-corrected chi connectivity index (χ1v) is 7.03. The lowest BCUT2D eigenvalue weighted by Crippen LogP contribution is -2.37. The van der Waals surface area contributed by atoms with Crippen LogP contribution in [0.1, 0.15) is 31.0 Å². The Morgan fingerprint density at radius 2 is 1.57 bits per heavy atom. The van der Waals surface area contributed by atoms with Gasteiger partial charge < -0.3 is 10.5 Å². The minimum Gasteiger partial charge on any atom is -0.460 e. The molecule has 0 radical (unpaired) electrons. The number of carbonyl (C=O) groups is 1. The van der Waals surface area contributed by atoms with Gasteiger partial charge in [0.2, 0.25) is 0 Å². The third-order valence-electron chi connectivity index (χ3n) is 3.68. The smallest absolute Gasteiger partial charge is 0.313 e. The van der Waals surface area contributed by atoms with Crippen LogP contribution in [0.15, 0.2) is 60.7 Å². The van der Waals surface area contributed by atoms with Crippen LogP contribution in [0.2, 0.25) is 0 Å².